The fourth-order valence-electron chi connectivity index (χ4n) is 1.64. The van der Waals surface area contributed by atoms with Gasteiger partial charge in [-0.1, -0.05) is 0 Å². The summed E-state index contributed by atoms with van der Waals surface area (Å²) in [7, 11) is 0. The first kappa shape index (κ1) is 9.96. The average molecular weight is 173 g/mol. The summed E-state index contributed by atoms with van der Waals surface area (Å²) in [5.41, 5.74) is -0.0485. The van der Waals surface area contributed by atoms with Crippen LogP contribution in [0.4, 0.5) is 0 Å². The second kappa shape index (κ2) is 3.73. The van der Waals surface area contributed by atoms with E-state index in [0.29, 0.717) is 0 Å². The van der Waals surface area contributed by atoms with Gasteiger partial charge in [0.25, 0.3) is 0 Å². The fourth-order valence-corrected chi connectivity index (χ4v) is 1.64. The summed E-state index contributed by atoms with van der Waals surface area (Å²) in [6.45, 7) is 9.38. The zero-order chi connectivity index (χ0) is 9.19. The largest absolute Gasteiger partial charge is 0.392 e. The molecule has 0 aliphatic carbocycles. The highest BCUT2D eigenvalue weighted by Gasteiger charge is 2.27. The number of nitrogens with zero attached hydrogens (tertiary/aromatic N) is 1. The minimum Gasteiger partial charge on any atom is -0.392 e. The van der Waals surface area contributed by atoms with E-state index in [1.54, 1.807) is 0 Å². The van der Waals surface area contributed by atoms with Crippen molar-refractivity contribution in [3.63, 3.8) is 0 Å². The highest BCUT2D eigenvalue weighted by atomic mass is 16.5. The van der Waals surface area contributed by atoms with E-state index in [9.17, 15) is 5.11 Å². The van der Waals surface area contributed by atoms with Crippen LogP contribution in [0.2, 0.25) is 0 Å². The number of β-amino-alcohol motifs (C(OH)–C–C–N with tert-alkyl or cyclic N) is 1. The number of hydrogen-bond donors (Lipinski definition) is 1. The van der Waals surface area contributed by atoms with E-state index in [0.717, 1.165) is 26.2 Å². The molecule has 0 radical (unpaired) electrons. The van der Waals surface area contributed by atoms with Crippen molar-refractivity contribution in [1.82, 2.24) is 4.90 Å². The minimum absolute atomic E-state index is 0.0485. The third-order valence-electron chi connectivity index (χ3n) is 2.03. The van der Waals surface area contributed by atoms with Crippen LogP contribution in [0.25, 0.3) is 0 Å². The molecule has 1 N–H and O–H groups in total. The zero-order valence-electron chi connectivity index (χ0n) is 8.21. The van der Waals surface area contributed by atoms with Crippen LogP contribution in [-0.2, 0) is 4.74 Å². The van der Waals surface area contributed by atoms with Gasteiger partial charge in [-0.05, 0) is 20.8 Å². The van der Waals surface area contributed by atoms with Gasteiger partial charge in [0.05, 0.1) is 18.3 Å². The molecule has 0 unspecified atom stereocenters. The Morgan fingerprint density at radius 3 is 2.75 bits per heavy atom. The van der Waals surface area contributed by atoms with E-state index in [1.165, 1.54) is 0 Å². The summed E-state index contributed by atoms with van der Waals surface area (Å²) in [6.07, 6.45) is -0.237. The molecule has 0 aromatic rings. The van der Waals surface area contributed by atoms with Crippen molar-refractivity contribution in [2.75, 3.05) is 26.2 Å². The lowest BCUT2D eigenvalue weighted by atomic mass is 10.1. The summed E-state index contributed by atoms with van der Waals surface area (Å²) < 4.78 is 5.55. The molecule has 12 heavy (non-hydrogen) atoms. The average Bonchev–Trinajstić information content (AvgIpc) is 1.82. The van der Waals surface area contributed by atoms with Gasteiger partial charge in [0.15, 0.2) is 0 Å². The van der Waals surface area contributed by atoms with Crippen LogP contribution in [0.5, 0.6) is 0 Å². The minimum atomic E-state index is -0.237. The summed E-state index contributed by atoms with van der Waals surface area (Å²) in [6, 6.07) is 0. The van der Waals surface area contributed by atoms with Gasteiger partial charge in [-0.25, -0.2) is 0 Å². The van der Waals surface area contributed by atoms with E-state index >= 15 is 0 Å². The Morgan fingerprint density at radius 1 is 1.58 bits per heavy atom. The molecule has 3 heteroatoms. The van der Waals surface area contributed by atoms with Gasteiger partial charge in [0.1, 0.15) is 0 Å². The molecule has 0 aromatic heterocycles. The van der Waals surface area contributed by atoms with Gasteiger partial charge in [0.2, 0.25) is 0 Å². The highest BCUT2D eigenvalue weighted by molar-refractivity contribution is 4.79. The molecule has 1 saturated heterocycles. The molecule has 1 aliphatic rings. The molecule has 1 fully saturated rings. The molecule has 1 atom stereocenters. The maximum Gasteiger partial charge on any atom is 0.0753 e. The SMILES string of the molecule is C[C@H](O)CN1CCOC(C)(C)C1. The van der Waals surface area contributed by atoms with Crippen LogP contribution in [0.1, 0.15) is 20.8 Å². The first-order valence-electron chi connectivity index (χ1n) is 4.54. The number of aliphatic hydroxyl groups is 1. The molecule has 0 bridgehead atoms. The quantitative estimate of drug-likeness (QED) is 0.659. The molecule has 1 heterocycles. The van der Waals surface area contributed by atoms with E-state index < -0.39 is 0 Å². The first-order valence-corrected chi connectivity index (χ1v) is 4.54. The predicted molar refractivity (Wildman–Crippen MR) is 48.2 cm³/mol. The van der Waals surface area contributed by atoms with Crippen molar-refractivity contribution in [2.24, 2.45) is 0 Å². The molecule has 0 amide bonds. The number of ether oxygens (including phenoxy) is 1. The maximum atomic E-state index is 9.19. The fraction of sp³-hybridized carbons (Fsp3) is 1.00. The molecule has 0 spiro atoms. The van der Waals surface area contributed by atoms with Crippen molar-refractivity contribution < 1.29 is 9.84 Å². The standard InChI is InChI=1S/C9H19NO2/c1-8(11)6-10-4-5-12-9(2,3)7-10/h8,11H,4-7H2,1-3H3/t8-/m0/s1. The summed E-state index contributed by atoms with van der Waals surface area (Å²) in [5.74, 6) is 0. The lowest BCUT2D eigenvalue weighted by molar-refractivity contribution is -0.0920. The van der Waals surface area contributed by atoms with Crippen LogP contribution >= 0.6 is 0 Å². The second-order valence-corrected chi connectivity index (χ2v) is 4.19. The third-order valence-corrected chi connectivity index (χ3v) is 2.03. The number of morpholine rings is 1. The second-order valence-electron chi connectivity index (χ2n) is 4.19. The number of hydrogen-bond acceptors (Lipinski definition) is 3. The molecule has 0 aromatic carbocycles. The van der Waals surface area contributed by atoms with Gasteiger partial charge in [-0.2, -0.15) is 0 Å². The van der Waals surface area contributed by atoms with Gasteiger partial charge in [-0.3, -0.25) is 4.90 Å². The van der Waals surface area contributed by atoms with E-state index in [-0.39, 0.29) is 11.7 Å². The predicted octanol–water partition coefficient (Wildman–Crippen LogP) is 0.478. The van der Waals surface area contributed by atoms with E-state index in [4.69, 9.17) is 4.74 Å². The van der Waals surface area contributed by atoms with Gasteiger partial charge in [-0.15, -0.1) is 0 Å². The van der Waals surface area contributed by atoms with Crippen LogP contribution in [0.3, 0.4) is 0 Å². The highest BCUT2D eigenvalue weighted by Crippen LogP contribution is 2.16. The Bertz CT molecular complexity index is 145. The Morgan fingerprint density at radius 2 is 2.25 bits per heavy atom. The monoisotopic (exact) mass is 173 g/mol. The van der Waals surface area contributed by atoms with Crippen LogP contribution in [-0.4, -0.2) is 48.0 Å². The normalized spacial score (nSPS) is 27.0. The molecule has 72 valence electrons. The smallest absolute Gasteiger partial charge is 0.0753 e. The van der Waals surface area contributed by atoms with Crippen LogP contribution in [0, 0.1) is 0 Å². The summed E-state index contributed by atoms with van der Waals surface area (Å²) in [5, 5.41) is 9.19. The van der Waals surface area contributed by atoms with Gasteiger partial charge >= 0.3 is 0 Å². The topological polar surface area (TPSA) is 32.7 Å². The van der Waals surface area contributed by atoms with E-state index in [1.807, 2.05) is 6.92 Å². The van der Waals surface area contributed by atoms with Crippen molar-refractivity contribution in [2.45, 2.75) is 32.5 Å². The van der Waals surface area contributed by atoms with Crippen molar-refractivity contribution in [3.05, 3.63) is 0 Å². The number of aliphatic hydroxyl groups excluding tert-OH is 1. The van der Waals surface area contributed by atoms with Crippen LogP contribution in [0.15, 0.2) is 0 Å². The molecule has 0 saturated carbocycles. The Labute approximate surface area is 74.3 Å². The lowest BCUT2D eigenvalue weighted by Crippen LogP contribution is -2.50. The Hall–Kier alpha value is -0.120. The number of rotatable bonds is 2. The third kappa shape index (κ3) is 3.09. The zero-order valence-corrected chi connectivity index (χ0v) is 8.21. The Balaban J connectivity index is 2.36. The molecule has 3 nitrogen and oxygen atoms in total. The van der Waals surface area contributed by atoms with Crippen molar-refractivity contribution >= 4 is 0 Å². The lowest BCUT2D eigenvalue weighted by Gasteiger charge is -2.38. The summed E-state index contributed by atoms with van der Waals surface area (Å²) >= 11 is 0. The Kier molecular flexibility index (Phi) is 3.09. The summed E-state index contributed by atoms with van der Waals surface area (Å²) in [4.78, 5) is 2.24. The van der Waals surface area contributed by atoms with Crippen molar-refractivity contribution in [1.29, 1.82) is 0 Å². The van der Waals surface area contributed by atoms with Crippen molar-refractivity contribution in [3.8, 4) is 0 Å². The molecular formula is C9H19NO2. The molecule has 1 aliphatic heterocycles. The van der Waals surface area contributed by atoms with E-state index in [2.05, 4.69) is 18.7 Å². The van der Waals surface area contributed by atoms with Gasteiger partial charge in [0, 0.05) is 19.6 Å². The first-order chi connectivity index (χ1) is 5.49. The molecule has 1 rings (SSSR count). The van der Waals surface area contributed by atoms with Crippen LogP contribution < -0.4 is 0 Å². The molecular weight excluding hydrogens is 154 g/mol. The van der Waals surface area contributed by atoms with Gasteiger partial charge < -0.3 is 9.84 Å². The maximum absolute atomic E-state index is 9.19.